The van der Waals surface area contributed by atoms with Crippen LogP contribution >= 0.6 is 0 Å². The Labute approximate surface area is 168 Å². The maximum atomic E-state index is 2.86. The van der Waals surface area contributed by atoms with Crippen LogP contribution in [0.5, 0.6) is 0 Å². The fraction of sp³-hybridized carbons (Fsp3) is 1.00. The van der Waals surface area contributed by atoms with Gasteiger partial charge in [0.1, 0.15) is 0 Å². The second-order valence-electron chi connectivity index (χ2n) is 11.2. The van der Waals surface area contributed by atoms with Crippen LogP contribution in [0.15, 0.2) is 0 Å². The third kappa shape index (κ3) is 4.39. The first-order chi connectivity index (χ1) is 12.8. The summed E-state index contributed by atoms with van der Waals surface area (Å²) in [6, 6.07) is 3.25. The molecule has 2 bridgehead atoms. The van der Waals surface area contributed by atoms with Gasteiger partial charge in [-0.2, -0.15) is 0 Å². The minimum Gasteiger partial charge on any atom is -0.301 e. The summed E-state index contributed by atoms with van der Waals surface area (Å²) in [6.07, 6.45) is 7.07. The van der Waals surface area contributed by atoms with Crippen molar-refractivity contribution >= 4 is 0 Å². The molecule has 4 rings (SSSR count). The molecule has 27 heavy (non-hydrogen) atoms. The number of likely N-dealkylation sites (tertiary alicyclic amines) is 4. The van der Waals surface area contributed by atoms with Gasteiger partial charge in [-0.3, -0.25) is 9.80 Å². The fourth-order valence-corrected chi connectivity index (χ4v) is 6.39. The van der Waals surface area contributed by atoms with Crippen molar-refractivity contribution in [1.82, 2.24) is 19.6 Å². The van der Waals surface area contributed by atoms with Crippen LogP contribution in [0.25, 0.3) is 0 Å². The van der Waals surface area contributed by atoms with E-state index in [1.54, 1.807) is 0 Å². The Hall–Kier alpha value is -0.160. The van der Waals surface area contributed by atoms with E-state index in [1.807, 2.05) is 0 Å². The summed E-state index contributed by atoms with van der Waals surface area (Å²) in [5.74, 6) is 0.944. The smallest absolute Gasteiger partial charge is 0.0244 e. The van der Waals surface area contributed by atoms with E-state index < -0.39 is 0 Å². The van der Waals surface area contributed by atoms with Gasteiger partial charge in [-0.15, -0.1) is 0 Å². The maximum absolute atomic E-state index is 2.86. The Kier molecular flexibility index (Phi) is 5.91. The molecule has 0 aliphatic carbocycles. The molecule has 4 aliphatic heterocycles. The normalized spacial score (nSPS) is 33.6. The molecule has 4 saturated heterocycles. The van der Waals surface area contributed by atoms with Crippen molar-refractivity contribution in [3.05, 3.63) is 0 Å². The minimum atomic E-state index is 0.349. The summed E-state index contributed by atoms with van der Waals surface area (Å²) in [4.78, 5) is 11.1. The molecule has 4 heteroatoms. The summed E-state index contributed by atoms with van der Waals surface area (Å²) in [5, 5.41) is 0. The molecule has 4 nitrogen and oxygen atoms in total. The van der Waals surface area contributed by atoms with Gasteiger partial charge in [0, 0.05) is 49.3 Å². The van der Waals surface area contributed by atoms with Crippen molar-refractivity contribution in [3.63, 3.8) is 0 Å². The molecule has 0 aromatic carbocycles. The van der Waals surface area contributed by atoms with E-state index in [4.69, 9.17) is 0 Å². The Bertz CT molecular complexity index is 483. The Morgan fingerprint density at radius 3 is 2.00 bits per heavy atom. The molecule has 156 valence electrons. The van der Waals surface area contributed by atoms with Gasteiger partial charge >= 0.3 is 0 Å². The lowest BCUT2D eigenvalue weighted by Crippen LogP contribution is -2.54. The molecule has 0 aromatic rings. The van der Waals surface area contributed by atoms with Gasteiger partial charge in [-0.05, 0) is 98.8 Å². The predicted octanol–water partition coefficient (Wildman–Crippen LogP) is 3.13. The molecular formula is C23H44N4. The van der Waals surface area contributed by atoms with Crippen molar-refractivity contribution in [1.29, 1.82) is 0 Å². The lowest BCUT2D eigenvalue weighted by atomic mass is 9.92. The van der Waals surface area contributed by atoms with Gasteiger partial charge in [0.25, 0.3) is 0 Å². The Morgan fingerprint density at radius 1 is 0.815 bits per heavy atom. The van der Waals surface area contributed by atoms with Gasteiger partial charge in [0.2, 0.25) is 0 Å². The van der Waals surface area contributed by atoms with Crippen molar-refractivity contribution in [2.24, 2.45) is 5.92 Å². The number of piperidine rings is 2. The zero-order valence-electron chi connectivity index (χ0n) is 18.7. The molecule has 4 heterocycles. The molecule has 0 unspecified atom stereocenters. The number of nitrogens with zero attached hydrogens (tertiary/aromatic N) is 4. The van der Waals surface area contributed by atoms with Crippen LogP contribution in [0.3, 0.4) is 0 Å². The first-order valence-corrected chi connectivity index (χ1v) is 11.8. The van der Waals surface area contributed by atoms with Crippen LogP contribution in [0.4, 0.5) is 0 Å². The highest BCUT2D eigenvalue weighted by Gasteiger charge is 2.47. The Balaban J connectivity index is 1.19. The SMILES string of the molecule is CC(C)N1CCC(N2CCC(CN3C[C@@H]4C[C@H]3CN4C(C)(C)C)CC2)CC1. The largest absolute Gasteiger partial charge is 0.301 e. The Morgan fingerprint density at radius 2 is 1.48 bits per heavy atom. The average Bonchev–Trinajstić information content (AvgIpc) is 3.22. The van der Waals surface area contributed by atoms with Gasteiger partial charge in [0.05, 0.1) is 0 Å². The lowest BCUT2D eigenvalue weighted by Gasteiger charge is -2.45. The highest BCUT2D eigenvalue weighted by molar-refractivity contribution is 5.03. The summed E-state index contributed by atoms with van der Waals surface area (Å²) >= 11 is 0. The number of fused-ring (bicyclic) bond motifs is 2. The molecule has 2 atom stereocenters. The van der Waals surface area contributed by atoms with E-state index in [0.717, 1.165) is 30.1 Å². The molecular weight excluding hydrogens is 332 g/mol. The van der Waals surface area contributed by atoms with Gasteiger partial charge in [-0.25, -0.2) is 0 Å². The van der Waals surface area contributed by atoms with Crippen LogP contribution in [-0.2, 0) is 0 Å². The van der Waals surface area contributed by atoms with Gasteiger partial charge in [0.15, 0.2) is 0 Å². The average molecular weight is 377 g/mol. The first-order valence-electron chi connectivity index (χ1n) is 11.8. The lowest BCUT2D eigenvalue weighted by molar-refractivity contribution is 0.0340. The monoisotopic (exact) mass is 376 g/mol. The molecule has 0 radical (unpaired) electrons. The quantitative estimate of drug-likeness (QED) is 0.747. The van der Waals surface area contributed by atoms with E-state index in [0.29, 0.717) is 5.54 Å². The molecule has 0 saturated carbocycles. The minimum absolute atomic E-state index is 0.349. The molecule has 4 fully saturated rings. The summed E-state index contributed by atoms with van der Waals surface area (Å²) in [6.45, 7) is 21.2. The van der Waals surface area contributed by atoms with Crippen molar-refractivity contribution < 1.29 is 0 Å². The zero-order valence-corrected chi connectivity index (χ0v) is 18.7. The van der Waals surface area contributed by atoms with Crippen LogP contribution < -0.4 is 0 Å². The third-order valence-electron chi connectivity index (χ3n) is 8.10. The van der Waals surface area contributed by atoms with Crippen LogP contribution in [0.2, 0.25) is 0 Å². The van der Waals surface area contributed by atoms with E-state index in [9.17, 15) is 0 Å². The molecule has 0 spiro atoms. The number of rotatable bonds is 4. The first kappa shape index (κ1) is 20.1. The number of piperazine rings is 1. The summed E-state index contributed by atoms with van der Waals surface area (Å²) in [7, 11) is 0. The zero-order chi connectivity index (χ0) is 19.2. The topological polar surface area (TPSA) is 13.0 Å². The highest BCUT2D eigenvalue weighted by atomic mass is 15.4. The van der Waals surface area contributed by atoms with E-state index in [1.165, 1.54) is 77.9 Å². The van der Waals surface area contributed by atoms with Crippen molar-refractivity contribution in [2.45, 2.75) is 96.4 Å². The van der Waals surface area contributed by atoms with Crippen molar-refractivity contribution in [3.8, 4) is 0 Å². The second kappa shape index (κ2) is 7.93. The van der Waals surface area contributed by atoms with Crippen LogP contribution in [-0.4, -0.2) is 95.1 Å². The third-order valence-corrected chi connectivity index (χ3v) is 8.10. The molecule has 0 N–H and O–H groups in total. The standard InChI is InChI=1S/C23H44N4/c1-18(2)24-12-8-20(9-13-24)25-10-6-19(7-11-25)15-26-16-22-14-21(26)17-27(22)23(3,4)5/h18-22H,6-17H2,1-5H3/t21-,22-/m0/s1. The maximum Gasteiger partial charge on any atom is 0.0244 e. The highest BCUT2D eigenvalue weighted by Crippen LogP contribution is 2.36. The van der Waals surface area contributed by atoms with Crippen LogP contribution in [0.1, 0.15) is 66.7 Å². The van der Waals surface area contributed by atoms with E-state index in [2.05, 4.69) is 54.2 Å². The molecule has 4 aliphatic rings. The predicted molar refractivity (Wildman–Crippen MR) is 114 cm³/mol. The number of hydrogen-bond acceptors (Lipinski definition) is 4. The fourth-order valence-electron chi connectivity index (χ4n) is 6.39. The van der Waals surface area contributed by atoms with E-state index >= 15 is 0 Å². The summed E-state index contributed by atoms with van der Waals surface area (Å²) in [5.41, 5.74) is 0.349. The molecule has 0 amide bonds. The van der Waals surface area contributed by atoms with Gasteiger partial charge < -0.3 is 9.80 Å². The number of hydrogen-bond donors (Lipinski definition) is 0. The second-order valence-corrected chi connectivity index (χ2v) is 11.2. The van der Waals surface area contributed by atoms with Gasteiger partial charge in [-0.1, -0.05) is 0 Å². The summed E-state index contributed by atoms with van der Waals surface area (Å²) < 4.78 is 0. The van der Waals surface area contributed by atoms with E-state index in [-0.39, 0.29) is 0 Å². The van der Waals surface area contributed by atoms with Crippen LogP contribution in [0, 0.1) is 5.92 Å². The molecule has 0 aromatic heterocycles. The van der Waals surface area contributed by atoms with Crippen molar-refractivity contribution in [2.75, 3.05) is 45.8 Å².